The fourth-order valence-corrected chi connectivity index (χ4v) is 1.38. The van der Waals surface area contributed by atoms with Crippen molar-refractivity contribution in [2.24, 2.45) is 0 Å². The van der Waals surface area contributed by atoms with Crippen LogP contribution in [0.3, 0.4) is 0 Å². The van der Waals surface area contributed by atoms with Crippen LogP contribution in [0.2, 0.25) is 5.15 Å². The predicted octanol–water partition coefficient (Wildman–Crippen LogP) is 2.97. The Balaban J connectivity index is 2.37. The summed E-state index contributed by atoms with van der Waals surface area (Å²) in [5.74, 6) is -0.543. The Kier molecular flexibility index (Phi) is 3.33. The lowest BCUT2D eigenvalue weighted by atomic mass is 10.3. The van der Waals surface area contributed by atoms with Crippen LogP contribution in [-0.2, 0) is 0 Å². The number of benzene rings is 1. The highest BCUT2D eigenvalue weighted by atomic mass is 35.5. The van der Waals surface area contributed by atoms with Gasteiger partial charge in [-0.2, -0.15) is 4.98 Å². The van der Waals surface area contributed by atoms with Crippen LogP contribution in [0, 0.1) is 15.9 Å². The molecule has 0 atom stereocenters. The molecule has 0 bridgehead atoms. The maximum Gasteiger partial charge on any atom is 0.368 e. The largest absolute Gasteiger partial charge is 0.434 e. The van der Waals surface area contributed by atoms with E-state index in [-0.39, 0.29) is 16.8 Å². The van der Waals surface area contributed by atoms with Gasteiger partial charge in [0.1, 0.15) is 17.9 Å². The van der Waals surface area contributed by atoms with Crippen LogP contribution >= 0.6 is 11.6 Å². The summed E-state index contributed by atoms with van der Waals surface area (Å²) >= 11 is 5.58. The Morgan fingerprint density at radius 2 is 1.94 bits per heavy atom. The third kappa shape index (κ3) is 2.51. The molecule has 0 unspecified atom stereocenters. The van der Waals surface area contributed by atoms with Crippen molar-refractivity contribution < 1.29 is 14.1 Å². The highest BCUT2D eigenvalue weighted by molar-refractivity contribution is 6.31. The molecule has 2 rings (SSSR count). The Morgan fingerprint density at radius 3 is 2.56 bits per heavy atom. The van der Waals surface area contributed by atoms with E-state index < -0.39 is 16.4 Å². The molecule has 18 heavy (non-hydrogen) atoms. The van der Waals surface area contributed by atoms with Gasteiger partial charge in [0.05, 0.1) is 4.92 Å². The monoisotopic (exact) mass is 269 g/mol. The normalized spacial score (nSPS) is 10.1. The van der Waals surface area contributed by atoms with Gasteiger partial charge < -0.3 is 4.74 Å². The number of aromatic nitrogens is 2. The quantitative estimate of drug-likeness (QED) is 0.486. The van der Waals surface area contributed by atoms with Crippen LogP contribution in [0.5, 0.6) is 11.6 Å². The zero-order chi connectivity index (χ0) is 13.1. The molecule has 0 amide bonds. The third-order valence-corrected chi connectivity index (χ3v) is 2.23. The van der Waals surface area contributed by atoms with Crippen molar-refractivity contribution in [1.29, 1.82) is 0 Å². The molecule has 1 heterocycles. The topological polar surface area (TPSA) is 78.2 Å². The number of nitro groups is 1. The fourth-order valence-electron chi connectivity index (χ4n) is 1.18. The van der Waals surface area contributed by atoms with Gasteiger partial charge in [0.2, 0.25) is 5.15 Å². The van der Waals surface area contributed by atoms with E-state index in [1.54, 1.807) is 0 Å². The number of hydrogen-bond acceptors (Lipinski definition) is 5. The van der Waals surface area contributed by atoms with Crippen molar-refractivity contribution in [2.75, 3.05) is 0 Å². The lowest BCUT2D eigenvalue weighted by Gasteiger charge is -2.04. The van der Waals surface area contributed by atoms with Gasteiger partial charge in [-0.05, 0) is 24.3 Å². The Labute approximate surface area is 105 Å². The van der Waals surface area contributed by atoms with E-state index in [1.807, 2.05) is 0 Å². The van der Waals surface area contributed by atoms with Gasteiger partial charge in [-0.15, -0.1) is 0 Å². The molecule has 0 spiro atoms. The highest BCUT2D eigenvalue weighted by Gasteiger charge is 2.23. The minimum absolute atomic E-state index is 0.203. The van der Waals surface area contributed by atoms with Crippen LogP contribution in [0.15, 0.2) is 30.6 Å². The molecular formula is C10H5ClFN3O3. The molecule has 0 saturated heterocycles. The molecule has 0 radical (unpaired) electrons. The first kappa shape index (κ1) is 12.2. The van der Waals surface area contributed by atoms with Gasteiger partial charge in [0.25, 0.3) is 0 Å². The van der Waals surface area contributed by atoms with Gasteiger partial charge in [-0.25, -0.2) is 9.37 Å². The van der Waals surface area contributed by atoms with Crippen molar-refractivity contribution in [3.63, 3.8) is 0 Å². The van der Waals surface area contributed by atoms with Gasteiger partial charge in [0.15, 0.2) is 0 Å². The van der Waals surface area contributed by atoms with E-state index in [9.17, 15) is 14.5 Å². The first-order valence-corrected chi connectivity index (χ1v) is 5.04. The van der Waals surface area contributed by atoms with Crippen molar-refractivity contribution in [1.82, 2.24) is 9.97 Å². The maximum absolute atomic E-state index is 12.7. The van der Waals surface area contributed by atoms with Crippen molar-refractivity contribution in [2.45, 2.75) is 0 Å². The molecule has 0 aliphatic carbocycles. The number of hydrogen-bond donors (Lipinski definition) is 0. The molecular weight excluding hydrogens is 265 g/mol. The molecule has 0 aliphatic heterocycles. The molecule has 92 valence electrons. The summed E-state index contributed by atoms with van der Waals surface area (Å²) in [6.45, 7) is 0. The Bertz CT molecular complexity index is 591. The lowest BCUT2D eigenvalue weighted by Crippen LogP contribution is -1.98. The van der Waals surface area contributed by atoms with Crippen molar-refractivity contribution in [3.8, 4) is 11.6 Å². The zero-order valence-electron chi connectivity index (χ0n) is 8.71. The van der Waals surface area contributed by atoms with E-state index >= 15 is 0 Å². The number of ether oxygens (including phenoxy) is 1. The van der Waals surface area contributed by atoms with Gasteiger partial charge in [-0.3, -0.25) is 10.1 Å². The molecule has 1 aromatic heterocycles. The van der Waals surface area contributed by atoms with E-state index in [0.717, 1.165) is 18.5 Å². The minimum atomic E-state index is -0.749. The third-order valence-electron chi connectivity index (χ3n) is 1.95. The summed E-state index contributed by atoms with van der Waals surface area (Å²) in [7, 11) is 0. The molecule has 0 fully saturated rings. The maximum atomic E-state index is 12.7. The molecule has 1 aromatic carbocycles. The van der Waals surface area contributed by atoms with Crippen LogP contribution in [0.1, 0.15) is 0 Å². The Hall–Kier alpha value is -2.28. The lowest BCUT2D eigenvalue weighted by molar-refractivity contribution is -0.386. The second kappa shape index (κ2) is 4.92. The summed E-state index contributed by atoms with van der Waals surface area (Å²) in [5.41, 5.74) is -0.538. The molecule has 0 N–H and O–H groups in total. The highest BCUT2D eigenvalue weighted by Crippen LogP contribution is 2.33. The van der Waals surface area contributed by atoms with E-state index in [2.05, 4.69) is 9.97 Å². The number of halogens is 2. The zero-order valence-corrected chi connectivity index (χ0v) is 9.46. The second-order valence-corrected chi connectivity index (χ2v) is 3.49. The first-order chi connectivity index (χ1) is 8.58. The summed E-state index contributed by atoms with van der Waals surface area (Å²) in [6, 6.07) is 4.94. The van der Waals surface area contributed by atoms with E-state index in [0.29, 0.717) is 0 Å². The van der Waals surface area contributed by atoms with Gasteiger partial charge in [-0.1, -0.05) is 11.6 Å². The number of nitrogens with zero attached hydrogens (tertiary/aromatic N) is 3. The minimum Gasteiger partial charge on any atom is -0.434 e. The van der Waals surface area contributed by atoms with Crippen LogP contribution in [0.4, 0.5) is 10.1 Å². The smallest absolute Gasteiger partial charge is 0.368 e. The van der Waals surface area contributed by atoms with E-state index in [1.165, 1.54) is 12.1 Å². The molecule has 6 nitrogen and oxygen atoms in total. The second-order valence-electron chi connectivity index (χ2n) is 3.13. The summed E-state index contributed by atoms with van der Waals surface area (Å²) in [6.07, 6.45) is 1.04. The summed E-state index contributed by atoms with van der Waals surface area (Å²) < 4.78 is 17.8. The van der Waals surface area contributed by atoms with Gasteiger partial charge >= 0.3 is 11.6 Å². The number of rotatable bonds is 3. The van der Waals surface area contributed by atoms with Crippen molar-refractivity contribution >= 4 is 17.3 Å². The first-order valence-electron chi connectivity index (χ1n) is 4.66. The van der Waals surface area contributed by atoms with Crippen LogP contribution in [0.25, 0.3) is 0 Å². The standard InChI is InChI=1S/C10H5ClFN3O3/c11-9-8(15(16)17)10(14-5-13-9)18-7-3-1-6(12)2-4-7/h1-5H. The van der Waals surface area contributed by atoms with Gasteiger partial charge in [0, 0.05) is 0 Å². The molecule has 0 aliphatic rings. The van der Waals surface area contributed by atoms with Crippen molar-refractivity contribution in [3.05, 3.63) is 51.7 Å². The Morgan fingerprint density at radius 1 is 1.28 bits per heavy atom. The SMILES string of the molecule is O=[N+]([O-])c1c(Cl)ncnc1Oc1ccc(F)cc1. The fraction of sp³-hybridized carbons (Fsp3) is 0. The van der Waals surface area contributed by atoms with E-state index in [4.69, 9.17) is 16.3 Å². The summed E-state index contributed by atoms with van der Waals surface area (Å²) in [5, 5.41) is 10.5. The molecule has 2 aromatic rings. The predicted molar refractivity (Wildman–Crippen MR) is 60.2 cm³/mol. The van der Waals surface area contributed by atoms with Crippen LogP contribution < -0.4 is 4.74 Å². The molecule has 0 saturated carbocycles. The average Bonchev–Trinajstić information content (AvgIpc) is 2.32. The average molecular weight is 270 g/mol. The molecule has 8 heteroatoms. The van der Waals surface area contributed by atoms with Crippen LogP contribution in [-0.4, -0.2) is 14.9 Å². The summed E-state index contributed by atoms with van der Waals surface area (Å²) in [4.78, 5) is 17.2.